The average molecular weight is 327 g/mol. The fraction of sp³-hybridized carbons (Fsp3) is 0.417. The number of nitrogens with one attached hydrogen (secondary N) is 2. The summed E-state index contributed by atoms with van der Waals surface area (Å²) in [6.07, 6.45) is -3.94. The molecule has 0 unspecified atom stereocenters. The Morgan fingerprint density at radius 1 is 1.26 bits per heavy atom. The monoisotopic (exact) mass is 327 g/mol. The van der Waals surface area contributed by atoms with Gasteiger partial charge in [-0.3, -0.25) is 5.32 Å². The van der Waals surface area contributed by atoms with Crippen molar-refractivity contribution in [2.24, 2.45) is 0 Å². The molecule has 0 saturated heterocycles. The molecule has 122 valence electrons. The van der Waals surface area contributed by atoms with E-state index in [0.29, 0.717) is 6.20 Å². The highest BCUT2D eigenvalue weighted by molar-refractivity contribution is 5.50. The molecule has 2 N–H and O–H groups in total. The molecule has 0 saturated carbocycles. The first-order valence-electron chi connectivity index (χ1n) is 6.31. The number of alkyl halides is 3. The summed E-state index contributed by atoms with van der Waals surface area (Å²) in [6.45, 7) is 3.16. The predicted molar refractivity (Wildman–Crippen MR) is 72.8 cm³/mol. The Balaban J connectivity index is 2.27. The average Bonchev–Trinajstić information content (AvgIpc) is 2.95. The molecule has 2 rings (SSSR count). The lowest BCUT2D eigenvalue weighted by molar-refractivity contribution is -0.137. The largest absolute Gasteiger partial charge is 0.421 e. The molecule has 0 aromatic carbocycles. The maximum absolute atomic E-state index is 12.8. The molecule has 0 atom stereocenters. The number of aromatic nitrogens is 4. The normalized spacial score (nSPS) is 11.9. The first-order chi connectivity index (χ1) is 10.7. The molecule has 0 aliphatic heterocycles. The van der Waals surface area contributed by atoms with Crippen molar-refractivity contribution in [2.45, 2.75) is 25.4 Å². The molecule has 0 aliphatic carbocycles. The zero-order chi connectivity index (χ0) is 17.3. The molecule has 0 spiro atoms. The molecule has 2 heterocycles. The molecule has 2 aromatic heterocycles. The molecule has 0 radical (unpaired) electrons. The van der Waals surface area contributed by atoms with Crippen LogP contribution < -0.4 is 10.6 Å². The Labute approximate surface area is 128 Å². The number of halogens is 3. The Hall–Kier alpha value is -2.90. The SMILES string of the molecule is CNc1nc(Nc2nnc(C(C)(C)C#N)o2)ncc1C(F)(F)F. The van der Waals surface area contributed by atoms with Gasteiger partial charge in [0.1, 0.15) is 16.8 Å². The van der Waals surface area contributed by atoms with Crippen LogP contribution in [0.3, 0.4) is 0 Å². The minimum atomic E-state index is -4.58. The van der Waals surface area contributed by atoms with Crippen molar-refractivity contribution in [1.29, 1.82) is 5.26 Å². The second-order valence-corrected chi connectivity index (χ2v) is 4.98. The van der Waals surface area contributed by atoms with Gasteiger partial charge in [0, 0.05) is 13.2 Å². The van der Waals surface area contributed by atoms with E-state index in [1.54, 1.807) is 13.8 Å². The second-order valence-electron chi connectivity index (χ2n) is 4.98. The lowest BCUT2D eigenvalue weighted by Gasteiger charge is -2.11. The van der Waals surface area contributed by atoms with E-state index in [4.69, 9.17) is 9.68 Å². The minimum Gasteiger partial charge on any atom is -0.406 e. The molecular weight excluding hydrogens is 315 g/mol. The highest BCUT2D eigenvalue weighted by Gasteiger charge is 2.35. The van der Waals surface area contributed by atoms with E-state index in [0.717, 1.165) is 0 Å². The van der Waals surface area contributed by atoms with Crippen molar-refractivity contribution in [3.05, 3.63) is 17.7 Å². The van der Waals surface area contributed by atoms with E-state index < -0.39 is 23.0 Å². The summed E-state index contributed by atoms with van der Waals surface area (Å²) in [7, 11) is 1.31. The summed E-state index contributed by atoms with van der Waals surface area (Å²) in [5, 5.41) is 21.2. The van der Waals surface area contributed by atoms with Gasteiger partial charge < -0.3 is 9.73 Å². The van der Waals surface area contributed by atoms with E-state index >= 15 is 0 Å². The highest BCUT2D eigenvalue weighted by Crippen LogP contribution is 2.33. The van der Waals surface area contributed by atoms with Crippen molar-refractivity contribution >= 4 is 17.8 Å². The summed E-state index contributed by atoms with van der Waals surface area (Å²) < 4.78 is 43.5. The number of hydrogen-bond acceptors (Lipinski definition) is 8. The minimum absolute atomic E-state index is 0.0586. The van der Waals surface area contributed by atoms with Crippen LogP contribution in [0.2, 0.25) is 0 Å². The predicted octanol–water partition coefficient (Wildman–Crippen LogP) is 2.46. The van der Waals surface area contributed by atoms with E-state index in [2.05, 4.69) is 30.8 Å². The van der Waals surface area contributed by atoms with E-state index in [9.17, 15) is 13.2 Å². The summed E-state index contributed by atoms with van der Waals surface area (Å²) in [4.78, 5) is 7.26. The molecule has 8 nitrogen and oxygen atoms in total. The van der Waals surface area contributed by atoms with Crippen LogP contribution in [0.1, 0.15) is 25.3 Å². The Bertz CT molecular complexity index is 748. The van der Waals surface area contributed by atoms with Crippen LogP contribution in [-0.2, 0) is 11.6 Å². The first-order valence-corrected chi connectivity index (χ1v) is 6.31. The Morgan fingerprint density at radius 2 is 1.96 bits per heavy atom. The van der Waals surface area contributed by atoms with Gasteiger partial charge in [-0.15, -0.1) is 5.10 Å². The van der Waals surface area contributed by atoms with Gasteiger partial charge >= 0.3 is 12.2 Å². The highest BCUT2D eigenvalue weighted by atomic mass is 19.4. The molecule has 0 amide bonds. The standard InChI is InChI=1S/C12H12F3N7O/c1-11(2,5-16)8-21-22-10(23-8)20-9-18-4-6(12(13,14)15)7(17-3)19-9/h4H,1-3H3,(H2,17,18,19,20,22). The third kappa shape index (κ3) is 3.47. The second kappa shape index (κ2) is 5.71. The van der Waals surface area contributed by atoms with Crippen LogP contribution in [0.25, 0.3) is 0 Å². The number of hydrogen-bond donors (Lipinski definition) is 2. The topological polar surface area (TPSA) is 113 Å². The first kappa shape index (κ1) is 16.5. The summed E-state index contributed by atoms with van der Waals surface area (Å²) >= 11 is 0. The van der Waals surface area contributed by atoms with Gasteiger partial charge in [0.25, 0.3) is 0 Å². The zero-order valence-corrected chi connectivity index (χ0v) is 12.4. The molecule has 0 bridgehead atoms. The van der Waals surface area contributed by atoms with Crippen LogP contribution in [0.15, 0.2) is 10.6 Å². The van der Waals surface area contributed by atoms with Crippen LogP contribution in [0, 0.1) is 11.3 Å². The summed E-state index contributed by atoms with van der Waals surface area (Å²) in [6, 6.07) is 1.85. The zero-order valence-electron chi connectivity index (χ0n) is 12.4. The number of rotatable bonds is 4. The molecule has 0 aliphatic rings. The van der Waals surface area contributed by atoms with Gasteiger partial charge in [-0.25, -0.2) is 4.98 Å². The maximum atomic E-state index is 12.8. The summed E-state index contributed by atoms with van der Waals surface area (Å²) in [5.74, 6) is -0.498. The van der Waals surface area contributed by atoms with Gasteiger partial charge in [0.2, 0.25) is 11.8 Å². The van der Waals surface area contributed by atoms with Gasteiger partial charge in [0.15, 0.2) is 0 Å². The third-order valence-corrected chi connectivity index (χ3v) is 2.79. The number of nitrogens with zero attached hydrogens (tertiary/aromatic N) is 5. The van der Waals surface area contributed by atoms with Gasteiger partial charge in [-0.1, -0.05) is 5.10 Å². The lowest BCUT2D eigenvalue weighted by Crippen LogP contribution is -2.14. The smallest absolute Gasteiger partial charge is 0.406 e. The third-order valence-electron chi connectivity index (χ3n) is 2.79. The quantitative estimate of drug-likeness (QED) is 0.880. The number of nitriles is 1. The van der Waals surface area contributed by atoms with E-state index in [1.807, 2.05) is 6.07 Å². The van der Waals surface area contributed by atoms with Crippen molar-refractivity contribution in [1.82, 2.24) is 20.2 Å². The molecule has 0 fully saturated rings. The van der Waals surface area contributed by atoms with E-state index in [1.165, 1.54) is 7.05 Å². The fourth-order valence-electron chi connectivity index (χ4n) is 1.51. The van der Waals surface area contributed by atoms with Crippen LogP contribution in [0.5, 0.6) is 0 Å². The molecular formula is C12H12F3N7O. The van der Waals surface area contributed by atoms with Gasteiger partial charge in [0.05, 0.1) is 6.07 Å². The fourth-order valence-corrected chi connectivity index (χ4v) is 1.51. The lowest BCUT2D eigenvalue weighted by atomic mass is 9.96. The van der Waals surface area contributed by atoms with Crippen LogP contribution in [-0.4, -0.2) is 27.2 Å². The molecule has 2 aromatic rings. The van der Waals surface area contributed by atoms with Gasteiger partial charge in [-0.05, 0) is 13.8 Å². The van der Waals surface area contributed by atoms with Crippen LogP contribution >= 0.6 is 0 Å². The van der Waals surface area contributed by atoms with Crippen molar-refractivity contribution in [2.75, 3.05) is 17.7 Å². The van der Waals surface area contributed by atoms with Crippen LogP contribution in [0.4, 0.5) is 31.0 Å². The molecule has 23 heavy (non-hydrogen) atoms. The summed E-state index contributed by atoms with van der Waals surface area (Å²) in [5.41, 5.74) is -1.99. The molecule has 11 heteroatoms. The van der Waals surface area contributed by atoms with Gasteiger partial charge in [-0.2, -0.15) is 23.4 Å². The van der Waals surface area contributed by atoms with Crippen molar-refractivity contribution < 1.29 is 17.6 Å². The van der Waals surface area contributed by atoms with E-state index in [-0.39, 0.29) is 17.9 Å². The Kier molecular flexibility index (Phi) is 4.09. The number of anilines is 3. The van der Waals surface area contributed by atoms with Crippen molar-refractivity contribution in [3.8, 4) is 6.07 Å². The van der Waals surface area contributed by atoms with Crippen molar-refractivity contribution in [3.63, 3.8) is 0 Å². The Morgan fingerprint density at radius 3 is 2.52 bits per heavy atom. The maximum Gasteiger partial charge on any atom is 0.421 e.